The molecule has 1 saturated heterocycles. The molecule has 1 aliphatic heterocycles. The summed E-state index contributed by atoms with van der Waals surface area (Å²) in [6.45, 7) is 9.90. The van der Waals surface area contributed by atoms with Crippen molar-refractivity contribution in [2.45, 2.75) is 64.8 Å². The maximum absolute atomic E-state index is 3.84. The number of nitrogens with zero attached hydrogens (tertiary/aromatic N) is 1. The number of hydrogen-bond acceptors (Lipinski definition) is 2. The maximum Gasteiger partial charge on any atom is 0.00915 e. The van der Waals surface area contributed by atoms with E-state index in [2.05, 4.69) is 24.1 Å². The topological polar surface area (TPSA) is 15.3 Å². The lowest BCUT2D eigenvalue weighted by atomic mass is 9.83. The van der Waals surface area contributed by atoms with Crippen LogP contribution in [0, 0.1) is 11.8 Å². The molecule has 0 amide bonds. The van der Waals surface area contributed by atoms with E-state index >= 15 is 0 Å². The monoisotopic (exact) mass is 252 g/mol. The summed E-state index contributed by atoms with van der Waals surface area (Å²) < 4.78 is 0. The largest absolute Gasteiger partial charge is 0.314 e. The van der Waals surface area contributed by atoms with Crippen LogP contribution in [0.1, 0.15) is 58.8 Å². The predicted octanol–water partition coefficient (Wildman–Crippen LogP) is 3.28. The van der Waals surface area contributed by atoms with Gasteiger partial charge < -0.3 is 10.2 Å². The van der Waals surface area contributed by atoms with Gasteiger partial charge in [0.05, 0.1) is 0 Å². The predicted molar refractivity (Wildman–Crippen MR) is 78.9 cm³/mol. The van der Waals surface area contributed by atoms with Gasteiger partial charge in [-0.3, -0.25) is 0 Å². The van der Waals surface area contributed by atoms with Gasteiger partial charge in [-0.25, -0.2) is 0 Å². The van der Waals surface area contributed by atoms with Crippen molar-refractivity contribution in [2.24, 2.45) is 11.8 Å². The Labute approximate surface area is 114 Å². The van der Waals surface area contributed by atoms with E-state index in [-0.39, 0.29) is 0 Å². The Balaban J connectivity index is 1.57. The molecular formula is C16H32N2. The molecule has 0 aromatic rings. The summed E-state index contributed by atoms with van der Waals surface area (Å²) in [6, 6.07) is 0.803. The lowest BCUT2D eigenvalue weighted by Crippen LogP contribution is -2.44. The summed E-state index contributed by atoms with van der Waals surface area (Å²) in [5.41, 5.74) is 0. The Morgan fingerprint density at radius 2 is 1.67 bits per heavy atom. The molecule has 2 aliphatic rings. The summed E-state index contributed by atoms with van der Waals surface area (Å²) in [4.78, 5) is 2.63. The zero-order chi connectivity index (χ0) is 12.8. The summed E-state index contributed by atoms with van der Waals surface area (Å²) in [5.74, 6) is 1.95. The molecule has 2 fully saturated rings. The molecule has 0 aromatic heterocycles. The lowest BCUT2D eigenvalue weighted by Gasteiger charge is -2.34. The van der Waals surface area contributed by atoms with E-state index in [0.29, 0.717) is 0 Å². The Hall–Kier alpha value is -0.0800. The summed E-state index contributed by atoms with van der Waals surface area (Å²) in [6.07, 6.45) is 9.87. The first-order chi connectivity index (χ1) is 8.78. The number of hydrogen-bond donors (Lipinski definition) is 1. The second-order valence-corrected chi connectivity index (χ2v) is 6.65. The fourth-order valence-electron chi connectivity index (χ4n) is 3.54. The van der Waals surface area contributed by atoms with Crippen LogP contribution in [-0.2, 0) is 0 Å². The zero-order valence-electron chi connectivity index (χ0n) is 12.5. The van der Waals surface area contributed by atoms with Gasteiger partial charge in [0, 0.05) is 6.04 Å². The van der Waals surface area contributed by atoms with Crippen molar-refractivity contribution in [3.05, 3.63) is 0 Å². The SMILES string of the molecule is CCCN1CCC(NCC2CCC(C)CC2)CC1. The Kier molecular flexibility index (Phi) is 5.97. The van der Waals surface area contributed by atoms with Crippen LogP contribution in [0.25, 0.3) is 0 Å². The van der Waals surface area contributed by atoms with Crippen molar-refractivity contribution in [1.29, 1.82) is 0 Å². The van der Waals surface area contributed by atoms with Crippen molar-refractivity contribution >= 4 is 0 Å². The normalized spacial score (nSPS) is 31.7. The highest BCUT2D eigenvalue weighted by atomic mass is 15.1. The zero-order valence-corrected chi connectivity index (χ0v) is 12.5. The standard InChI is InChI=1S/C16H32N2/c1-3-10-18-11-8-16(9-12-18)17-13-15-6-4-14(2)5-7-15/h14-17H,3-13H2,1-2H3. The van der Waals surface area contributed by atoms with E-state index in [4.69, 9.17) is 0 Å². The van der Waals surface area contributed by atoms with E-state index in [1.807, 2.05) is 0 Å². The van der Waals surface area contributed by atoms with Gasteiger partial charge in [-0.1, -0.05) is 26.7 Å². The van der Waals surface area contributed by atoms with E-state index in [9.17, 15) is 0 Å². The van der Waals surface area contributed by atoms with Crippen LogP contribution in [-0.4, -0.2) is 37.1 Å². The first-order valence-electron chi connectivity index (χ1n) is 8.23. The second kappa shape index (κ2) is 7.49. The second-order valence-electron chi connectivity index (χ2n) is 6.65. The first kappa shape index (κ1) is 14.3. The van der Waals surface area contributed by atoms with Gasteiger partial charge in [-0.15, -0.1) is 0 Å². The van der Waals surface area contributed by atoms with Crippen LogP contribution in [0.5, 0.6) is 0 Å². The van der Waals surface area contributed by atoms with Gasteiger partial charge in [-0.2, -0.15) is 0 Å². The van der Waals surface area contributed by atoms with E-state index in [1.54, 1.807) is 0 Å². The van der Waals surface area contributed by atoms with Crippen molar-refractivity contribution in [2.75, 3.05) is 26.2 Å². The van der Waals surface area contributed by atoms with Crippen LogP contribution in [0.4, 0.5) is 0 Å². The minimum absolute atomic E-state index is 0.803. The molecule has 2 nitrogen and oxygen atoms in total. The molecular weight excluding hydrogens is 220 g/mol. The molecule has 0 radical (unpaired) electrons. The lowest BCUT2D eigenvalue weighted by molar-refractivity contribution is 0.189. The average Bonchev–Trinajstić information content (AvgIpc) is 2.40. The van der Waals surface area contributed by atoms with Crippen LogP contribution in [0.2, 0.25) is 0 Å². The van der Waals surface area contributed by atoms with Crippen molar-refractivity contribution in [3.8, 4) is 0 Å². The highest BCUT2D eigenvalue weighted by molar-refractivity contribution is 4.79. The number of piperidine rings is 1. The van der Waals surface area contributed by atoms with Gasteiger partial charge in [0.2, 0.25) is 0 Å². The minimum Gasteiger partial charge on any atom is -0.314 e. The number of nitrogens with one attached hydrogen (secondary N) is 1. The summed E-state index contributed by atoms with van der Waals surface area (Å²) in [7, 11) is 0. The van der Waals surface area contributed by atoms with Gasteiger partial charge in [0.15, 0.2) is 0 Å². The van der Waals surface area contributed by atoms with Crippen LogP contribution < -0.4 is 5.32 Å². The third-order valence-corrected chi connectivity index (χ3v) is 4.96. The Bertz CT molecular complexity index is 213. The molecule has 2 heteroatoms. The highest BCUT2D eigenvalue weighted by Gasteiger charge is 2.21. The molecule has 1 aliphatic carbocycles. The Morgan fingerprint density at radius 1 is 1.00 bits per heavy atom. The third kappa shape index (κ3) is 4.55. The molecule has 0 aromatic carbocycles. The van der Waals surface area contributed by atoms with Gasteiger partial charge in [0.25, 0.3) is 0 Å². The fourth-order valence-corrected chi connectivity index (χ4v) is 3.54. The quantitative estimate of drug-likeness (QED) is 0.808. The minimum atomic E-state index is 0.803. The van der Waals surface area contributed by atoms with E-state index in [0.717, 1.165) is 17.9 Å². The molecule has 2 rings (SSSR count). The third-order valence-electron chi connectivity index (χ3n) is 4.96. The maximum atomic E-state index is 3.84. The molecule has 1 heterocycles. The van der Waals surface area contributed by atoms with E-state index < -0.39 is 0 Å². The number of rotatable bonds is 5. The molecule has 18 heavy (non-hydrogen) atoms. The van der Waals surface area contributed by atoms with Crippen molar-refractivity contribution in [3.63, 3.8) is 0 Å². The number of likely N-dealkylation sites (tertiary alicyclic amines) is 1. The van der Waals surface area contributed by atoms with Gasteiger partial charge in [-0.05, 0) is 70.1 Å². The fraction of sp³-hybridized carbons (Fsp3) is 1.00. The average molecular weight is 252 g/mol. The highest BCUT2D eigenvalue weighted by Crippen LogP contribution is 2.27. The van der Waals surface area contributed by atoms with Gasteiger partial charge >= 0.3 is 0 Å². The van der Waals surface area contributed by atoms with Crippen LogP contribution in [0.15, 0.2) is 0 Å². The Morgan fingerprint density at radius 3 is 2.28 bits per heavy atom. The molecule has 0 bridgehead atoms. The van der Waals surface area contributed by atoms with Crippen molar-refractivity contribution < 1.29 is 0 Å². The molecule has 0 spiro atoms. The van der Waals surface area contributed by atoms with Crippen LogP contribution in [0.3, 0.4) is 0 Å². The molecule has 0 unspecified atom stereocenters. The van der Waals surface area contributed by atoms with Gasteiger partial charge in [0.1, 0.15) is 0 Å². The molecule has 106 valence electrons. The molecule has 0 atom stereocenters. The summed E-state index contributed by atoms with van der Waals surface area (Å²) >= 11 is 0. The smallest absolute Gasteiger partial charge is 0.00915 e. The first-order valence-corrected chi connectivity index (χ1v) is 8.23. The summed E-state index contributed by atoms with van der Waals surface area (Å²) in [5, 5.41) is 3.84. The van der Waals surface area contributed by atoms with Crippen LogP contribution >= 0.6 is 0 Å². The van der Waals surface area contributed by atoms with E-state index in [1.165, 1.54) is 71.1 Å². The molecule has 1 N–H and O–H groups in total. The molecule has 1 saturated carbocycles. The van der Waals surface area contributed by atoms with Crippen molar-refractivity contribution in [1.82, 2.24) is 10.2 Å².